The summed E-state index contributed by atoms with van der Waals surface area (Å²) in [5.74, 6) is 5.66. The van der Waals surface area contributed by atoms with Crippen molar-refractivity contribution < 1.29 is 29.9 Å². The SMILES string of the molecule is CC[C@H](CC[C@H](C)[C@@H]1CC[C@@H]2[C@H]3CC=C4C[C@@H](O[C@@H]5O[C@H](CO)[C@@H](O)[C@H](O)[C@H]5O)CC[C@]4(C)[C@H]3CC[C@@]21C)C(C)C. The van der Waals surface area contributed by atoms with E-state index in [9.17, 15) is 20.4 Å². The number of aliphatic hydroxyl groups is 4. The van der Waals surface area contributed by atoms with Crippen molar-refractivity contribution >= 4 is 0 Å². The van der Waals surface area contributed by atoms with Gasteiger partial charge in [0, 0.05) is 0 Å². The van der Waals surface area contributed by atoms with E-state index in [1.54, 1.807) is 0 Å². The fraction of sp³-hybridized carbons (Fsp3) is 0.943. The lowest BCUT2D eigenvalue weighted by atomic mass is 9.47. The summed E-state index contributed by atoms with van der Waals surface area (Å²) in [6.07, 6.45) is 9.92. The zero-order chi connectivity index (χ0) is 29.7. The normalized spacial score (nSPS) is 47.7. The van der Waals surface area contributed by atoms with E-state index >= 15 is 0 Å². The van der Waals surface area contributed by atoms with Crippen LogP contribution in [0.3, 0.4) is 0 Å². The zero-order valence-electron chi connectivity index (χ0n) is 26.7. The van der Waals surface area contributed by atoms with E-state index in [1.165, 1.54) is 56.9 Å². The molecular formula is C35H60O6. The summed E-state index contributed by atoms with van der Waals surface area (Å²) in [4.78, 5) is 0. The molecule has 14 atom stereocenters. The number of allylic oxidation sites excluding steroid dienone is 1. The summed E-state index contributed by atoms with van der Waals surface area (Å²) in [6.45, 7) is 14.5. The van der Waals surface area contributed by atoms with Crippen molar-refractivity contribution in [3.63, 3.8) is 0 Å². The molecule has 1 heterocycles. The minimum atomic E-state index is -1.40. The van der Waals surface area contributed by atoms with E-state index in [0.717, 1.165) is 60.7 Å². The van der Waals surface area contributed by atoms with E-state index in [2.05, 4.69) is 47.6 Å². The molecule has 0 aromatic heterocycles. The van der Waals surface area contributed by atoms with Gasteiger partial charge in [0.2, 0.25) is 0 Å². The zero-order valence-corrected chi connectivity index (χ0v) is 26.7. The molecule has 0 aromatic carbocycles. The van der Waals surface area contributed by atoms with Gasteiger partial charge in [-0.25, -0.2) is 0 Å². The Morgan fingerprint density at radius 3 is 2.39 bits per heavy atom. The number of hydrogen-bond acceptors (Lipinski definition) is 6. The smallest absolute Gasteiger partial charge is 0.186 e. The van der Waals surface area contributed by atoms with Gasteiger partial charge in [-0.3, -0.25) is 0 Å². The van der Waals surface area contributed by atoms with Crippen LogP contribution < -0.4 is 0 Å². The molecule has 1 saturated heterocycles. The third kappa shape index (κ3) is 5.73. The Morgan fingerprint density at radius 1 is 0.951 bits per heavy atom. The van der Waals surface area contributed by atoms with Gasteiger partial charge in [0.15, 0.2) is 6.29 Å². The van der Waals surface area contributed by atoms with E-state index < -0.39 is 37.3 Å². The second-order valence-electron chi connectivity index (χ2n) is 15.7. The van der Waals surface area contributed by atoms with Gasteiger partial charge in [-0.15, -0.1) is 0 Å². The molecule has 6 heteroatoms. The first-order chi connectivity index (χ1) is 19.4. The minimum Gasteiger partial charge on any atom is -0.394 e. The molecule has 5 rings (SSSR count). The Morgan fingerprint density at radius 2 is 1.71 bits per heavy atom. The van der Waals surface area contributed by atoms with Crippen molar-refractivity contribution in [1.82, 2.24) is 0 Å². The maximum Gasteiger partial charge on any atom is 0.186 e. The molecule has 6 nitrogen and oxygen atoms in total. The molecule has 0 aromatic rings. The summed E-state index contributed by atoms with van der Waals surface area (Å²) in [7, 11) is 0. The topological polar surface area (TPSA) is 99.4 Å². The fourth-order valence-corrected chi connectivity index (χ4v) is 10.8. The third-order valence-corrected chi connectivity index (χ3v) is 13.5. The first kappa shape index (κ1) is 31.9. The summed E-state index contributed by atoms with van der Waals surface area (Å²) in [5.41, 5.74) is 2.19. The molecular weight excluding hydrogens is 516 g/mol. The van der Waals surface area contributed by atoms with Crippen LogP contribution in [0.4, 0.5) is 0 Å². The molecule has 4 aliphatic carbocycles. The molecule has 236 valence electrons. The van der Waals surface area contributed by atoms with Crippen molar-refractivity contribution in [2.75, 3.05) is 6.61 Å². The quantitative estimate of drug-likeness (QED) is 0.257. The molecule has 4 fully saturated rings. The van der Waals surface area contributed by atoms with E-state index in [0.29, 0.717) is 5.41 Å². The van der Waals surface area contributed by atoms with Crippen LogP contribution in [-0.2, 0) is 9.47 Å². The highest BCUT2D eigenvalue weighted by Crippen LogP contribution is 2.67. The van der Waals surface area contributed by atoms with Crippen molar-refractivity contribution in [1.29, 1.82) is 0 Å². The second-order valence-corrected chi connectivity index (χ2v) is 15.7. The highest BCUT2D eigenvalue weighted by atomic mass is 16.7. The van der Waals surface area contributed by atoms with Crippen LogP contribution in [0.5, 0.6) is 0 Å². The average Bonchev–Trinajstić information content (AvgIpc) is 3.30. The maximum absolute atomic E-state index is 10.5. The molecule has 0 radical (unpaired) electrons. The third-order valence-electron chi connectivity index (χ3n) is 13.5. The van der Waals surface area contributed by atoms with Gasteiger partial charge in [0.05, 0.1) is 12.7 Å². The van der Waals surface area contributed by atoms with Crippen LogP contribution in [0, 0.1) is 52.3 Å². The standard InChI is InChI=1S/C35H60O6/c1-7-22(20(2)3)9-8-21(4)26-12-13-27-25-11-10-23-18-24(14-16-34(23,5)28(25)15-17-35(26,27)6)40-33-32(39)31(38)30(37)29(19-36)41-33/h10,20-22,24-33,36-39H,7-9,11-19H2,1-6H3/t21-,22+,24-,25+,26-,27+,28-,29+,30+,31-,32+,33+,34-,35+/m0/s1. The number of fused-ring (bicyclic) bond motifs is 5. The first-order valence-electron chi connectivity index (χ1n) is 17.1. The number of aliphatic hydroxyl groups excluding tert-OH is 4. The first-order valence-corrected chi connectivity index (χ1v) is 17.1. The van der Waals surface area contributed by atoms with Crippen LogP contribution in [0.2, 0.25) is 0 Å². The summed E-state index contributed by atoms with van der Waals surface area (Å²) in [5, 5.41) is 40.4. The highest BCUT2D eigenvalue weighted by Gasteiger charge is 2.59. The highest BCUT2D eigenvalue weighted by molar-refractivity contribution is 5.25. The lowest BCUT2D eigenvalue weighted by Crippen LogP contribution is -2.60. The lowest BCUT2D eigenvalue weighted by Gasteiger charge is -2.58. The number of ether oxygens (including phenoxy) is 2. The van der Waals surface area contributed by atoms with Crippen molar-refractivity contribution in [2.24, 2.45) is 52.3 Å². The van der Waals surface area contributed by atoms with Crippen molar-refractivity contribution in [2.45, 2.75) is 149 Å². The van der Waals surface area contributed by atoms with Crippen LogP contribution in [-0.4, -0.2) is 63.8 Å². The molecule has 1 aliphatic heterocycles. The molecule has 41 heavy (non-hydrogen) atoms. The summed E-state index contributed by atoms with van der Waals surface area (Å²) >= 11 is 0. The van der Waals surface area contributed by atoms with Gasteiger partial charge in [0.25, 0.3) is 0 Å². The van der Waals surface area contributed by atoms with Gasteiger partial charge in [0.1, 0.15) is 24.4 Å². The summed E-state index contributed by atoms with van der Waals surface area (Å²) in [6, 6.07) is 0. The molecule has 0 spiro atoms. The van der Waals surface area contributed by atoms with E-state index in [4.69, 9.17) is 9.47 Å². The van der Waals surface area contributed by atoms with Crippen LogP contribution in [0.25, 0.3) is 0 Å². The molecule has 5 aliphatic rings. The largest absolute Gasteiger partial charge is 0.394 e. The Kier molecular flexibility index (Phi) is 9.71. The number of rotatable bonds is 9. The van der Waals surface area contributed by atoms with Crippen molar-refractivity contribution in [3.8, 4) is 0 Å². The Bertz CT molecular complexity index is 918. The average molecular weight is 577 g/mol. The maximum atomic E-state index is 10.5. The summed E-state index contributed by atoms with van der Waals surface area (Å²) < 4.78 is 11.9. The Hall–Kier alpha value is -0.500. The van der Waals surface area contributed by atoms with Crippen LogP contribution in [0.1, 0.15) is 112 Å². The molecule has 4 N–H and O–H groups in total. The van der Waals surface area contributed by atoms with Crippen LogP contribution >= 0.6 is 0 Å². The Balaban J connectivity index is 1.24. The van der Waals surface area contributed by atoms with Gasteiger partial charge < -0.3 is 29.9 Å². The number of hydrogen-bond donors (Lipinski definition) is 4. The van der Waals surface area contributed by atoms with Crippen molar-refractivity contribution in [3.05, 3.63) is 11.6 Å². The molecule has 3 saturated carbocycles. The monoisotopic (exact) mass is 576 g/mol. The second kappa shape index (κ2) is 12.5. The predicted octanol–water partition coefficient (Wildman–Crippen LogP) is 5.85. The van der Waals surface area contributed by atoms with Gasteiger partial charge in [-0.1, -0.05) is 66.0 Å². The Labute approximate surface area is 249 Å². The predicted molar refractivity (Wildman–Crippen MR) is 161 cm³/mol. The van der Waals surface area contributed by atoms with E-state index in [1.807, 2.05) is 0 Å². The minimum absolute atomic E-state index is 0.101. The van der Waals surface area contributed by atoms with Gasteiger partial charge >= 0.3 is 0 Å². The molecule has 0 unspecified atom stereocenters. The fourth-order valence-electron chi connectivity index (χ4n) is 10.8. The van der Waals surface area contributed by atoms with Crippen LogP contribution in [0.15, 0.2) is 11.6 Å². The molecule has 0 amide bonds. The lowest BCUT2D eigenvalue weighted by molar-refractivity contribution is -0.313. The molecule has 0 bridgehead atoms. The van der Waals surface area contributed by atoms with E-state index in [-0.39, 0.29) is 11.5 Å². The van der Waals surface area contributed by atoms with Gasteiger partial charge in [-0.2, -0.15) is 0 Å². The van der Waals surface area contributed by atoms with Gasteiger partial charge in [-0.05, 0) is 110 Å².